The van der Waals surface area contributed by atoms with E-state index in [9.17, 15) is 9.18 Å². The Labute approximate surface area is 172 Å². The molecule has 6 nitrogen and oxygen atoms in total. The Kier molecular flexibility index (Phi) is 5.61. The first-order chi connectivity index (χ1) is 14.5. The standard InChI is InChI=1S/C23H20FN3O3/c1-16-4-2-7-20(10-16)29-15-21-8-9-22(30-21)23(28)26-19-12-25-27(14-19)13-17-5-3-6-18(24)11-17/h2-12,14H,13,15H2,1H3,(H,26,28). The summed E-state index contributed by atoms with van der Waals surface area (Å²) < 4.78 is 26.2. The van der Waals surface area contributed by atoms with Crippen LogP contribution in [0.15, 0.2) is 77.5 Å². The van der Waals surface area contributed by atoms with Crippen LogP contribution in [0, 0.1) is 12.7 Å². The fraction of sp³-hybridized carbons (Fsp3) is 0.130. The molecule has 0 saturated carbocycles. The van der Waals surface area contributed by atoms with Gasteiger partial charge in [0.15, 0.2) is 5.76 Å². The van der Waals surface area contributed by atoms with E-state index in [0.717, 1.165) is 16.9 Å². The molecule has 0 aliphatic carbocycles. The molecule has 0 unspecified atom stereocenters. The predicted octanol–water partition coefficient (Wildman–Crippen LogP) is 4.80. The van der Waals surface area contributed by atoms with Crippen molar-refractivity contribution in [1.82, 2.24) is 9.78 Å². The number of halogens is 1. The van der Waals surface area contributed by atoms with Crippen molar-refractivity contribution in [2.24, 2.45) is 0 Å². The van der Waals surface area contributed by atoms with Crippen molar-refractivity contribution in [3.63, 3.8) is 0 Å². The van der Waals surface area contributed by atoms with E-state index < -0.39 is 0 Å². The van der Waals surface area contributed by atoms with E-state index in [1.54, 1.807) is 29.1 Å². The number of carbonyl (C=O) groups is 1. The van der Waals surface area contributed by atoms with Gasteiger partial charge in [0, 0.05) is 6.20 Å². The molecule has 1 amide bonds. The number of nitrogens with one attached hydrogen (secondary N) is 1. The Balaban J connectivity index is 1.34. The average molecular weight is 405 g/mol. The van der Waals surface area contributed by atoms with Crippen molar-refractivity contribution in [3.05, 3.63) is 102 Å². The number of hydrogen-bond acceptors (Lipinski definition) is 4. The van der Waals surface area contributed by atoms with E-state index >= 15 is 0 Å². The first-order valence-corrected chi connectivity index (χ1v) is 9.41. The summed E-state index contributed by atoms with van der Waals surface area (Å²) in [4.78, 5) is 12.4. The second kappa shape index (κ2) is 8.65. The van der Waals surface area contributed by atoms with Gasteiger partial charge >= 0.3 is 0 Å². The van der Waals surface area contributed by atoms with Crippen LogP contribution in [0.4, 0.5) is 10.1 Å². The number of anilines is 1. The zero-order valence-electron chi connectivity index (χ0n) is 16.3. The van der Waals surface area contributed by atoms with Gasteiger partial charge in [-0.1, -0.05) is 24.3 Å². The summed E-state index contributed by atoms with van der Waals surface area (Å²) in [6.07, 6.45) is 3.20. The highest BCUT2D eigenvalue weighted by Crippen LogP contribution is 2.17. The second-order valence-electron chi connectivity index (χ2n) is 6.88. The third kappa shape index (κ3) is 4.94. The van der Waals surface area contributed by atoms with Gasteiger partial charge in [0.05, 0.1) is 18.4 Å². The molecule has 1 N–H and O–H groups in total. The maximum Gasteiger partial charge on any atom is 0.291 e. The van der Waals surface area contributed by atoms with E-state index in [-0.39, 0.29) is 24.1 Å². The van der Waals surface area contributed by atoms with Crippen molar-refractivity contribution in [2.75, 3.05) is 5.32 Å². The average Bonchev–Trinajstić information content (AvgIpc) is 3.36. The first-order valence-electron chi connectivity index (χ1n) is 9.41. The van der Waals surface area contributed by atoms with Gasteiger partial charge in [-0.2, -0.15) is 5.10 Å². The molecule has 0 saturated heterocycles. The number of furan rings is 1. The number of aryl methyl sites for hydroxylation is 1. The van der Waals surface area contributed by atoms with Crippen LogP contribution in [-0.4, -0.2) is 15.7 Å². The molecule has 2 aromatic carbocycles. The van der Waals surface area contributed by atoms with Crippen LogP contribution in [0.1, 0.15) is 27.4 Å². The van der Waals surface area contributed by atoms with Crippen LogP contribution in [-0.2, 0) is 13.2 Å². The van der Waals surface area contributed by atoms with Gasteiger partial charge in [0.25, 0.3) is 5.91 Å². The highest BCUT2D eigenvalue weighted by atomic mass is 19.1. The zero-order chi connectivity index (χ0) is 20.9. The van der Waals surface area contributed by atoms with Crippen molar-refractivity contribution >= 4 is 11.6 Å². The van der Waals surface area contributed by atoms with Gasteiger partial charge in [-0.25, -0.2) is 4.39 Å². The van der Waals surface area contributed by atoms with Crippen LogP contribution in [0.2, 0.25) is 0 Å². The van der Waals surface area contributed by atoms with Gasteiger partial charge in [0.1, 0.15) is 23.9 Å². The quantitative estimate of drug-likeness (QED) is 0.479. The summed E-state index contributed by atoms with van der Waals surface area (Å²) in [5.41, 5.74) is 2.40. The number of amides is 1. The highest BCUT2D eigenvalue weighted by Gasteiger charge is 2.13. The van der Waals surface area contributed by atoms with E-state index in [2.05, 4.69) is 10.4 Å². The third-order valence-corrected chi connectivity index (χ3v) is 4.38. The number of aromatic nitrogens is 2. The summed E-state index contributed by atoms with van der Waals surface area (Å²) in [7, 11) is 0. The number of ether oxygens (including phenoxy) is 1. The van der Waals surface area contributed by atoms with E-state index in [1.807, 2.05) is 37.3 Å². The van der Waals surface area contributed by atoms with E-state index in [0.29, 0.717) is 18.0 Å². The molecule has 4 aromatic rings. The van der Waals surface area contributed by atoms with Crippen LogP contribution < -0.4 is 10.1 Å². The molecule has 0 fully saturated rings. The van der Waals surface area contributed by atoms with Crippen LogP contribution in [0.3, 0.4) is 0 Å². The summed E-state index contributed by atoms with van der Waals surface area (Å²) in [6.45, 7) is 2.61. The Morgan fingerprint density at radius 3 is 2.87 bits per heavy atom. The SMILES string of the molecule is Cc1cccc(OCc2ccc(C(=O)Nc3cnn(Cc4cccc(F)c4)c3)o2)c1. The molecule has 152 valence electrons. The Morgan fingerprint density at radius 1 is 1.17 bits per heavy atom. The van der Waals surface area contributed by atoms with Crippen LogP contribution in [0.5, 0.6) is 5.75 Å². The monoisotopic (exact) mass is 405 g/mol. The van der Waals surface area contributed by atoms with Gasteiger partial charge < -0.3 is 14.5 Å². The minimum absolute atomic E-state index is 0.177. The van der Waals surface area contributed by atoms with Crippen molar-refractivity contribution in [3.8, 4) is 5.75 Å². The largest absolute Gasteiger partial charge is 0.486 e. The normalized spacial score (nSPS) is 10.7. The van der Waals surface area contributed by atoms with E-state index in [1.165, 1.54) is 18.3 Å². The lowest BCUT2D eigenvalue weighted by Gasteiger charge is -2.04. The molecule has 2 heterocycles. The topological polar surface area (TPSA) is 69.3 Å². The van der Waals surface area contributed by atoms with Gasteiger partial charge in [-0.3, -0.25) is 9.48 Å². The lowest BCUT2D eigenvalue weighted by atomic mass is 10.2. The van der Waals surface area contributed by atoms with Crippen molar-refractivity contribution < 1.29 is 18.3 Å². The molecule has 0 atom stereocenters. The number of nitrogens with zero attached hydrogens (tertiary/aromatic N) is 2. The summed E-state index contributed by atoms with van der Waals surface area (Å²) in [5.74, 6) is 0.776. The molecule has 30 heavy (non-hydrogen) atoms. The van der Waals surface area contributed by atoms with Gasteiger partial charge in [-0.05, 0) is 54.4 Å². The highest BCUT2D eigenvalue weighted by molar-refractivity contribution is 6.02. The number of hydrogen-bond donors (Lipinski definition) is 1. The van der Waals surface area contributed by atoms with E-state index in [4.69, 9.17) is 9.15 Å². The molecule has 0 aliphatic rings. The molecule has 4 rings (SSSR count). The summed E-state index contributed by atoms with van der Waals surface area (Å²) >= 11 is 0. The second-order valence-corrected chi connectivity index (χ2v) is 6.88. The molecule has 0 aliphatic heterocycles. The molecule has 0 radical (unpaired) electrons. The smallest absolute Gasteiger partial charge is 0.291 e. The van der Waals surface area contributed by atoms with Crippen molar-refractivity contribution in [2.45, 2.75) is 20.1 Å². The third-order valence-electron chi connectivity index (χ3n) is 4.38. The Morgan fingerprint density at radius 2 is 2.03 bits per heavy atom. The Bertz CT molecular complexity index is 1170. The molecule has 2 aromatic heterocycles. The summed E-state index contributed by atoms with van der Waals surface area (Å²) in [6, 6.07) is 17.3. The predicted molar refractivity (Wildman–Crippen MR) is 110 cm³/mol. The fourth-order valence-corrected chi connectivity index (χ4v) is 2.97. The molecular formula is C23H20FN3O3. The number of carbonyl (C=O) groups excluding carboxylic acids is 1. The maximum atomic E-state index is 13.3. The lowest BCUT2D eigenvalue weighted by Crippen LogP contribution is -2.10. The zero-order valence-corrected chi connectivity index (χ0v) is 16.3. The first kappa shape index (κ1) is 19.4. The minimum atomic E-state index is -0.387. The number of rotatable bonds is 7. The molecule has 0 spiro atoms. The molecule has 7 heteroatoms. The number of benzene rings is 2. The lowest BCUT2D eigenvalue weighted by molar-refractivity contribution is 0.0992. The van der Waals surface area contributed by atoms with Gasteiger partial charge in [0.2, 0.25) is 0 Å². The summed E-state index contributed by atoms with van der Waals surface area (Å²) in [5, 5.41) is 6.93. The van der Waals surface area contributed by atoms with Crippen molar-refractivity contribution in [1.29, 1.82) is 0 Å². The molecule has 0 bridgehead atoms. The minimum Gasteiger partial charge on any atom is -0.486 e. The van der Waals surface area contributed by atoms with Gasteiger partial charge in [-0.15, -0.1) is 0 Å². The fourth-order valence-electron chi connectivity index (χ4n) is 2.97. The molecular weight excluding hydrogens is 385 g/mol. The Hall–Kier alpha value is -3.87. The van der Waals surface area contributed by atoms with Crippen LogP contribution in [0.25, 0.3) is 0 Å². The maximum absolute atomic E-state index is 13.3. The van der Waals surface area contributed by atoms with Crippen LogP contribution >= 0.6 is 0 Å².